The summed E-state index contributed by atoms with van der Waals surface area (Å²) in [6.07, 6.45) is 0.0621. The van der Waals surface area contributed by atoms with E-state index in [1.54, 1.807) is 0 Å². The maximum Gasteiger partial charge on any atom is 0.495 e. The number of hydrogen-bond donors (Lipinski definition) is 0. The van der Waals surface area contributed by atoms with Crippen molar-refractivity contribution in [2.45, 2.75) is 72.5 Å². The predicted molar refractivity (Wildman–Crippen MR) is 130 cm³/mol. The van der Waals surface area contributed by atoms with E-state index in [9.17, 15) is 0 Å². The summed E-state index contributed by atoms with van der Waals surface area (Å²) in [7, 11) is -0.317. The second-order valence-electron chi connectivity index (χ2n) is 9.77. The van der Waals surface area contributed by atoms with Crippen molar-refractivity contribution in [3.05, 3.63) is 54.1 Å². The monoisotopic (exact) mass is 400 g/mol. The maximum absolute atomic E-state index is 6.27. The van der Waals surface area contributed by atoms with Crippen molar-refractivity contribution < 1.29 is 9.31 Å². The summed E-state index contributed by atoms with van der Waals surface area (Å²) in [5.41, 5.74) is 7.65. The van der Waals surface area contributed by atoms with Crippen LogP contribution >= 0.6 is 0 Å². The molecule has 5 rings (SSSR count). The SMILES string of the molecule is CC.CC1OB(c2ccc3c4c(cccc24)-c2cc(C(C)(C)C)ccc2-3)OC1(C)C. The number of hydrogen-bond acceptors (Lipinski definition) is 2. The first-order chi connectivity index (χ1) is 14.2. The highest BCUT2D eigenvalue weighted by atomic mass is 16.7. The van der Waals surface area contributed by atoms with Crippen LogP contribution in [-0.4, -0.2) is 18.8 Å². The molecule has 30 heavy (non-hydrogen) atoms. The quantitative estimate of drug-likeness (QED) is 0.330. The standard InChI is InChI=1S/C25H27BO2.C2H6/c1-15-25(5,6)28-26(27-15)22-13-12-19-17-11-10-16(24(2,3)4)14-21(17)18-8-7-9-20(22)23(18)19;1-2/h7-15H,1-6H3;1-2H3. The van der Waals surface area contributed by atoms with Crippen molar-refractivity contribution in [2.24, 2.45) is 0 Å². The van der Waals surface area contributed by atoms with Gasteiger partial charge in [0.15, 0.2) is 0 Å². The Morgan fingerprint density at radius 2 is 1.53 bits per heavy atom. The molecule has 0 radical (unpaired) electrons. The minimum absolute atomic E-state index is 0.0621. The number of benzene rings is 3. The Bertz CT molecular complexity index is 1110. The molecule has 0 spiro atoms. The molecule has 2 aliphatic rings. The summed E-state index contributed by atoms with van der Waals surface area (Å²) < 4.78 is 12.5. The average molecular weight is 400 g/mol. The lowest BCUT2D eigenvalue weighted by Crippen LogP contribution is -2.35. The minimum Gasteiger partial charge on any atom is -0.402 e. The van der Waals surface area contributed by atoms with Crippen LogP contribution in [-0.2, 0) is 14.7 Å². The highest BCUT2D eigenvalue weighted by Gasteiger charge is 2.44. The molecular weight excluding hydrogens is 367 g/mol. The van der Waals surface area contributed by atoms with Gasteiger partial charge in [0.2, 0.25) is 0 Å². The van der Waals surface area contributed by atoms with Crippen molar-refractivity contribution in [3.8, 4) is 22.3 Å². The van der Waals surface area contributed by atoms with E-state index < -0.39 is 0 Å². The Balaban J connectivity index is 0.00000106. The fraction of sp³-hybridized carbons (Fsp3) is 0.407. The van der Waals surface area contributed by atoms with Gasteiger partial charge in [-0.05, 0) is 76.3 Å². The molecule has 2 nitrogen and oxygen atoms in total. The lowest BCUT2D eigenvalue weighted by Gasteiger charge is -2.21. The molecule has 1 aliphatic heterocycles. The van der Waals surface area contributed by atoms with Crippen molar-refractivity contribution in [2.75, 3.05) is 0 Å². The molecule has 1 atom stereocenters. The average Bonchev–Trinajstić information content (AvgIpc) is 3.18. The molecule has 1 unspecified atom stereocenters. The van der Waals surface area contributed by atoms with Gasteiger partial charge in [0.05, 0.1) is 11.7 Å². The maximum atomic E-state index is 6.27. The summed E-state index contributed by atoms with van der Waals surface area (Å²) in [6, 6.07) is 18.0. The molecule has 0 saturated carbocycles. The molecule has 0 bridgehead atoms. The molecule has 1 heterocycles. The Morgan fingerprint density at radius 1 is 0.867 bits per heavy atom. The molecule has 0 N–H and O–H groups in total. The van der Waals surface area contributed by atoms with Crippen LogP contribution in [0.25, 0.3) is 33.0 Å². The molecule has 0 amide bonds. The van der Waals surface area contributed by atoms with E-state index in [0.29, 0.717) is 0 Å². The van der Waals surface area contributed by atoms with Crippen molar-refractivity contribution in [3.63, 3.8) is 0 Å². The van der Waals surface area contributed by atoms with Crippen LogP contribution in [0, 0.1) is 0 Å². The smallest absolute Gasteiger partial charge is 0.402 e. The molecule has 3 heteroatoms. The van der Waals surface area contributed by atoms with Gasteiger partial charge in [-0.25, -0.2) is 0 Å². The van der Waals surface area contributed by atoms with E-state index in [2.05, 4.69) is 90.1 Å². The highest BCUT2D eigenvalue weighted by Crippen LogP contribution is 2.48. The summed E-state index contributed by atoms with van der Waals surface area (Å²) in [4.78, 5) is 0. The van der Waals surface area contributed by atoms with Crippen LogP contribution in [0.15, 0.2) is 48.5 Å². The van der Waals surface area contributed by atoms with E-state index in [4.69, 9.17) is 9.31 Å². The Hall–Kier alpha value is -2.10. The Morgan fingerprint density at radius 3 is 2.17 bits per heavy atom. The van der Waals surface area contributed by atoms with Gasteiger partial charge in [-0.2, -0.15) is 0 Å². The third-order valence-corrected chi connectivity index (χ3v) is 6.51. The second-order valence-corrected chi connectivity index (χ2v) is 9.77. The molecule has 1 fully saturated rings. The normalized spacial score (nSPS) is 18.9. The molecule has 156 valence electrons. The van der Waals surface area contributed by atoms with Gasteiger partial charge in [0.25, 0.3) is 0 Å². The zero-order valence-corrected chi connectivity index (χ0v) is 19.6. The van der Waals surface area contributed by atoms with Crippen LogP contribution in [0.2, 0.25) is 0 Å². The number of rotatable bonds is 1. The predicted octanol–water partition coefficient (Wildman–Crippen LogP) is 6.72. The van der Waals surface area contributed by atoms with Gasteiger partial charge >= 0.3 is 7.12 Å². The third-order valence-electron chi connectivity index (χ3n) is 6.51. The van der Waals surface area contributed by atoms with Gasteiger partial charge in [-0.1, -0.05) is 77.1 Å². The van der Waals surface area contributed by atoms with Gasteiger partial charge in [-0.15, -0.1) is 0 Å². The Labute approximate surface area is 181 Å². The largest absolute Gasteiger partial charge is 0.495 e. The van der Waals surface area contributed by atoms with Crippen LogP contribution in [0.3, 0.4) is 0 Å². The van der Waals surface area contributed by atoms with Gasteiger partial charge in [0.1, 0.15) is 0 Å². The van der Waals surface area contributed by atoms with Crippen LogP contribution in [0.1, 0.15) is 61.0 Å². The second kappa shape index (κ2) is 7.25. The molecule has 1 aliphatic carbocycles. The van der Waals surface area contributed by atoms with Crippen LogP contribution in [0.5, 0.6) is 0 Å². The van der Waals surface area contributed by atoms with Crippen LogP contribution < -0.4 is 5.46 Å². The summed E-state index contributed by atoms with van der Waals surface area (Å²) >= 11 is 0. The first-order valence-corrected chi connectivity index (χ1v) is 11.2. The Kier molecular flexibility index (Phi) is 5.11. The topological polar surface area (TPSA) is 18.5 Å². The molecular formula is C27H33BO2. The summed E-state index contributed by atoms with van der Waals surface area (Å²) in [5, 5.41) is 2.56. The molecule has 1 saturated heterocycles. The van der Waals surface area contributed by atoms with Crippen molar-refractivity contribution in [1.82, 2.24) is 0 Å². The lowest BCUT2D eigenvalue weighted by atomic mass is 9.75. The minimum atomic E-state index is -0.317. The van der Waals surface area contributed by atoms with E-state index in [1.165, 1.54) is 38.6 Å². The van der Waals surface area contributed by atoms with Crippen molar-refractivity contribution >= 4 is 23.4 Å². The molecule has 0 aromatic heterocycles. The van der Waals surface area contributed by atoms with Gasteiger partial charge in [-0.3, -0.25) is 0 Å². The molecule has 3 aromatic rings. The summed E-state index contributed by atoms with van der Waals surface area (Å²) in [5.74, 6) is 0. The lowest BCUT2D eigenvalue weighted by molar-refractivity contribution is 0.0842. The van der Waals surface area contributed by atoms with E-state index in [-0.39, 0.29) is 24.2 Å². The van der Waals surface area contributed by atoms with Gasteiger partial charge < -0.3 is 9.31 Å². The first kappa shape index (κ1) is 21.1. The highest BCUT2D eigenvalue weighted by molar-refractivity contribution is 6.65. The zero-order chi connectivity index (χ0) is 21.8. The fourth-order valence-corrected chi connectivity index (χ4v) is 4.44. The van der Waals surface area contributed by atoms with Crippen molar-refractivity contribution in [1.29, 1.82) is 0 Å². The van der Waals surface area contributed by atoms with Gasteiger partial charge in [0, 0.05) is 0 Å². The molecule has 3 aromatic carbocycles. The summed E-state index contributed by atoms with van der Waals surface area (Å²) in [6.45, 7) is 17.1. The fourth-order valence-electron chi connectivity index (χ4n) is 4.44. The first-order valence-electron chi connectivity index (χ1n) is 11.2. The van der Waals surface area contributed by atoms with E-state index >= 15 is 0 Å². The van der Waals surface area contributed by atoms with Crippen LogP contribution in [0.4, 0.5) is 0 Å². The van der Waals surface area contributed by atoms with E-state index in [0.717, 1.165) is 5.46 Å². The zero-order valence-electron chi connectivity index (χ0n) is 19.6. The van der Waals surface area contributed by atoms with E-state index in [1.807, 2.05) is 13.8 Å². The third kappa shape index (κ3) is 3.20. The number of fused-ring (bicyclic) bond motifs is 3.